The fourth-order valence-electron chi connectivity index (χ4n) is 3.84. The minimum Gasteiger partial charge on any atom is -0.317 e. The van der Waals surface area contributed by atoms with E-state index in [1.807, 2.05) is 11.7 Å². The molecule has 0 bridgehead atoms. The molecule has 1 unspecified atom stereocenters. The number of nitrogens with one attached hydrogen (secondary N) is 1. The number of aryl methyl sites for hydroxylation is 1. The first kappa shape index (κ1) is 19.7. The predicted octanol–water partition coefficient (Wildman–Crippen LogP) is 2.86. The zero-order chi connectivity index (χ0) is 15.0. The van der Waals surface area contributed by atoms with Crippen LogP contribution in [0.4, 0.5) is 0 Å². The van der Waals surface area contributed by atoms with Crippen LogP contribution in [0, 0.1) is 5.41 Å². The fraction of sp³-hybridized carbons (Fsp3) is 0.625. The van der Waals surface area contributed by atoms with E-state index in [1.165, 1.54) is 37.9 Å². The molecule has 1 saturated carbocycles. The van der Waals surface area contributed by atoms with Gasteiger partial charge < -0.3 is 5.32 Å². The van der Waals surface area contributed by atoms with Gasteiger partial charge in [0.2, 0.25) is 0 Å². The summed E-state index contributed by atoms with van der Waals surface area (Å²) in [7, 11) is 1.98. The van der Waals surface area contributed by atoms with Gasteiger partial charge in [0.25, 0.3) is 0 Å². The monoisotopic (exact) mass is 389 g/mol. The maximum absolute atomic E-state index is 4.43. The Morgan fingerprint density at radius 3 is 2.75 bits per heavy atom. The molecular formula is C16H25Cl2N5S. The molecule has 8 heteroatoms. The Bertz CT molecular complexity index is 624. The van der Waals surface area contributed by atoms with Gasteiger partial charge in [-0.3, -0.25) is 9.58 Å². The second-order valence-electron chi connectivity index (χ2n) is 6.67. The molecule has 0 amide bonds. The van der Waals surface area contributed by atoms with Crippen molar-refractivity contribution in [3.8, 4) is 0 Å². The number of piperidine rings is 1. The van der Waals surface area contributed by atoms with Crippen molar-refractivity contribution in [1.82, 2.24) is 25.0 Å². The van der Waals surface area contributed by atoms with Crippen molar-refractivity contribution >= 4 is 36.2 Å². The Hall–Kier alpha value is -0.660. The smallest absolute Gasteiger partial charge is 0.140 e. The summed E-state index contributed by atoms with van der Waals surface area (Å²) >= 11 is 1.78. The van der Waals surface area contributed by atoms with E-state index in [0.29, 0.717) is 11.5 Å². The second-order valence-corrected chi connectivity index (χ2v) is 7.45. The number of nitrogens with zero attached hydrogens (tertiary/aromatic N) is 4. The van der Waals surface area contributed by atoms with Crippen LogP contribution in [0.1, 0.15) is 30.7 Å². The van der Waals surface area contributed by atoms with Gasteiger partial charge in [-0.1, -0.05) is 0 Å². The van der Waals surface area contributed by atoms with Gasteiger partial charge in [-0.15, -0.1) is 24.8 Å². The zero-order valence-electron chi connectivity index (χ0n) is 13.9. The Balaban J connectivity index is 0.00000104. The third-order valence-corrected chi connectivity index (χ3v) is 6.03. The van der Waals surface area contributed by atoms with Crippen molar-refractivity contribution in [1.29, 1.82) is 0 Å². The number of halogens is 2. The molecule has 1 saturated heterocycles. The van der Waals surface area contributed by atoms with Crippen LogP contribution < -0.4 is 5.32 Å². The summed E-state index contributed by atoms with van der Waals surface area (Å²) in [6, 6.07) is 2.94. The van der Waals surface area contributed by atoms with Crippen molar-refractivity contribution in [3.05, 3.63) is 34.5 Å². The van der Waals surface area contributed by atoms with Crippen LogP contribution in [-0.4, -0.2) is 38.8 Å². The highest BCUT2D eigenvalue weighted by Gasteiger charge is 2.56. The van der Waals surface area contributed by atoms with Gasteiger partial charge in [-0.2, -0.15) is 16.4 Å². The maximum atomic E-state index is 4.43. The molecule has 1 aliphatic heterocycles. The lowest BCUT2D eigenvalue weighted by molar-refractivity contribution is 0.182. The molecule has 0 radical (unpaired) electrons. The first-order chi connectivity index (χ1) is 10.8. The lowest BCUT2D eigenvalue weighted by atomic mass is 9.93. The van der Waals surface area contributed by atoms with Crippen molar-refractivity contribution < 1.29 is 0 Å². The van der Waals surface area contributed by atoms with E-state index in [9.17, 15) is 0 Å². The molecule has 1 aliphatic carbocycles. The minimum absolute atomic E-state index is 0. The van der Waals surface area contributed by atoms with Gasteiger partial charge in [0.05, 0.1) is 6.54 Å². The summed E-state index contributed by atoms with van der Waals surface area (Å²) in [6.07, 6.45) is 5.63. The Labute approximate surface area is 159 Å². The minimum atomic E-state index is 0. The quantitative estimate of drug-likeness (QED) is 0.853. The molecule has 2 fully saturated rings. The van der Waals surface area contributed by atoms with Crippen LogP contribution >= 0.6 is 36.2 Å². The molecular weight excluding hydrogens is 365 g/mol. The first-order valence-electron chi connectivity index (χ1n) is 8.06. The van der Waals surface area contributed by atoms with Gasteiger partial charge in [-0.05, 0) is 60.2 Å². The largest absolute Gasteiger partial charge is 0.317 e. The summed E-state index contributed by atoms with van der Waals surface area (Å²) in [4.78, 5) is 7.05. The highest BCUT2D eigenvalue weighted by molar-refractivity contribution is 7.07. The first-order valence-corrected chi connectivity index (χ1v) is 9.00. The average molecular weight is 390 g/mol. The van der Waals surface area contributed by atoms with E-state index in [2.05, 4.69) is 37.1 Å². The van der Waals surface area contributed by atoms with E-state index in [-0.39, 0.29) is 24.8 Å². The SMILES string of the molecule is Cl.Cl.Cn1ncnc1CN(Cc1ccsc1)C1CC12CCNCC2. The van der Waals surface area contributed by atoms with E-state index < -0.39 is 0 Å². The molecule has 4 rings (SSSR count). The van der Waals surface area contributed by atoms with E-state index in [4.69, 9.17) is 0 Å². The van der Waals surface area contributed by atoms with Crippen molar-refractivity contribution in [2.24, 2.45) is 12.5 Å². The van der Waals surface area contributed by atoms with E-state index >= 15 is 0 Å². The highest BCUT2D eigenvalue weighted by Crippen LogP contribution is 2.56. The highest BCUT2D eigenvalue weighted by atomic mass is 35.5. The lowest BCUT2D eigenvalue weighted by Gasteiger charge is -2.29. The molecule has 0 aromatic carbocycles. The Kier molecular flexibility index (Phi) is 6.67. The van der Waals surface area contributed by atoms with Crippen LogP contribution in [0.15, 0.2) is 23.2 Å². The third-order valence-electron chi connectivity index (χ3n) is 5.30. The second kappa shape index (κ2) is 8.15. The average Bonchev–Trinajstić information content (AvgIpc) is 2.90. The maximum Gasteiger partial charge on any atom is 0.140 e. The summed E-state index contributed by atoms with van der Waals surface area (Å²) in [5, 5.41) is 12.2. The molecule has 5 nitrogen and oxygen atoms in total. The molecule has 3 heterocycles. The zero-order valence-corrected chi connectivity index (χ0v) is 16.3. The summed E-state index contributed by atoms with van der Waals surface area (Å²) in [6.45, 7) is 4.27. The van der Waals surface area contributed by atoms with Crippen LogP contribution in [0.2, 0.25) is 0 Å². The lowest BCUT2D eigenvalue weighted by Crippen LogP contribution is -2.36. The number of hydrogen-bond acceptors (Lipinski definition) is 5. The standard InChI is InChI=1S/C16H23N5S.2ClH/c1-20-15(18-12-19-20)10-21(9-13-2-7-22-11-13)14-8-16(14)3-5-17-6-4-16;;/h2,7,11-12,14,17H,3-6,8-10H2,1H3;2*1H. The molecule has 2 aromatic heterocycles. The van der Waals surface area contributed by atoms with E-state index in [0.717, 1.165) is 18.9 Å². The van der Waals surface area contributed by atoms with Gasteiger partial charge >= 0.3 is 0 Å². The molecule has 134 valence electrons. The number of rotatable bonds is 5. The molecule has 2 aliphatic rings. The molecule has 1 atom stereocenters. The number of hydrogen-bond donors (Lipinski definition) is 1. The van der Waals surface area contributed by atoms with Crippen molar-refractivity contribution in [3.63, 3.8) is 0 Å². The van der Waals surface area contributed by atoms with Crippen LogP contribution in [0.25, 0.3) is 0 Å². The number of thiophene rings is 1. The van der Waals surface area contributed by atoms with Crippen molar-refractivity contribution in [2.45, 2.75) is 38.4 Å². The summed E-state index contributed by atoms with van der Waals surface area (Å²) < 4.78 is 1.90. The van der Waals surface area contributed by atoms with Gasteiger partial charge in [0.15, 0.2) is 0 Å². The fourth-order valence-corrected chi connectivity index (χ4v) is 4.50. The van der Waals surface area contributed by atoms with Crippen LogP contribution in [-0.2, 0) is 20.1 Å². The Morgan fingerprint density at radius 2 is 2.12 bits per heavy atom. The predicted molar refractivity (Wildman–Crippen MR) is 102 cm³/mol. The molecule has 2 aromatic rings. The normalized spacial score (nSPS) is 21.3. The van der Waals surface area contributed by atoms with Crippen molar-refractivity contribution in [2.75, 3.05) is 13.1 Å². The molecule has 1 spiro atoms. The third kappa shape index (κ3) is 3.94. The van der Waals surface area contributed by atoms with Gasteiger partial charge in [-0.25, -0.2) is 4.98 Å². The topological polar surface area (TPSA) is 46.0 Å². The van der Waals surface area contributed by atoms with Crippen LogP contribution in [0.3, 0.4) is 0 Å². The van der Waals surface area contributed by atoms with Crippen LogP contribution in [0.5, 0.6) is 0 Å². The summed E-state index contributed by atoms with van der Waals surface area (Å²) in [5.74, 6) is 1.06. The number of aromatic nitrogens is 3. The van der Waals surface area contributed by atoms with E-state index in [1.54, 1.807) is 17.7 Å². The molecule has 24 heavy (non-hydrogen) atoms. The molecule has 1 N–H and O–H groups in total. The van der Waals surface area contributed by atoms with Gasteiger partial charge in [0.1, 0.15) is 12.2 Å². The Morgan fingerprint density at radius 1 is 1.33 bits per heavy atom. The summed E-state index contributed by atoms with van der Waals surface area (Å²) in [5.41, 5.74) is 1.98. The van der Waals surface area contributed by atoms with Gasteiger partial charge in [0, 0.05) is 19.6 Å².